The van der Waals surface area contributed by atoms with Gasteiger partial charge in [-0.2, -0.15) is 5.10 Å². The number of hydrogen-bond donors (Lipinski definition) is 1. The molecule has 0 saturated carbocycles. The van der Waals surface area contributed by atoms with Gasteiger partial charge in [-0.3, -0.25) is 19.4 Å². The lowest BCUT2D eigenvalue weighted by molar-refractivity contribution is 0.0195. The molecule has 0 spiro atoms. The Kier molecular flexibility index (Phi) is 5.05. The van der Waals surface area contributed by atoms with Gasteiger partial charge in [0.15, 0.2) is 11.6 Å². The molecule has 0 bridgehead atoms. The number of halogens is 2. The van der Waals surface area contributed by atoms with Crippen LogP contribution in [0.1, 0.15) is 29.2 Å². The van der Waals surface area contributed by atoms with Gasteiger partial charge in [-0.1, -0.05) is 0 Å². The van der Waals surface area contributed by atoms with E-state index in [2.05, 4.69) is 29.9 Å². The van der Waals surface area contributed by atoms with Crippen molar-refractivity contribution in [2.75, 3.05) is 26.2 Å². The minimum atomic E-state index is -0.921. The van der Waals surface area contributed by atoms with E-state index >= 15 is 0 Å². The van der Waals surface area contributed by atoms with Crippen LogP contribution >= 0.6 is 0 Å². The van der Waals surface area contributed by atoms with Crippen molar-refractivity contribution in [3.05, 3.63) is 60.6 Å². The van der Waals surface area contributed by atoms with E-state index in [1.165, 1.54) is 4.90 Å². The number of piperidine rings is 1. The Hall–Kier alpha value is -3.73. The fourth-order valence-corrected chi connectivity index (χ4v) is 4.92. The summed E-state index contributed by atoms with van der Waals surface area (Å²) < 4.78 is 29.8. The molecule has 0 aliphatic carbocycles. The fraction of sp³-hybridized carbons (Fsp3) is 0.348. The van der Waals surface area contributed by atoms with Crippen LogP contribution < -0.4 is 0 Å². The lowest BCUT2D eigenvalue weighted by Crippen LogP contribution is -2.56. The van der Waals surface area contributed by atoms with E-state index in [1.807, 2.05) is 29.3 Å². The molecule has 6 rings (SSSR count). The topological polar surface area (TPSA) is 95.8 Å². The van der Waals surface area contributed by atoms with E-state index in [9.17, 15) is 13.6 Å². The summed E-state index contributed by atoms with van der Waals surface area (Å²) in [7, 11) is 0. The van der Waals surface area contributed by atoms with Gasteiger partial charge in [-0.05, 0) is 18.9 Å². The van der Waals surface area contributed by atoms with Crippen molar-refractivity contribution < 1.29 is 13.6 Å². The summed E-state index contributed by atoms with van der Waals surface area (Å²) in [5, 5.41) is 5.52. The maximum atomic E-state index is 13.9. The van der Waals surface area contributed by atoms with Crippen molar-refractivity contribution in [3.8, 4) is 11.3 Å². The summed E-state index contributed by atoms with van der Waals surface area (Å²) in [4.78, 5) is 31.7. The third-order valence-electron chi connectivity index (χ3n) is 6.83. The van der Waals surface area contributed by atoms with Crippen molar-refractivity contribution in [1.82, 2.24) is 39.5 Å². The van der Waals surface area contributed by atoms with Crippen LogP contribution in [0.4, 0.5) is 8.78 Å². The van der Waals surface area contributed by atoms with Crippen molar-refractivity contribution in [2.24, 2.45) is 0 Å². The zero-order chi connectivity index (χ0) is 23.2. The molecule has 4 aromatic heterocycles. The lowest BCUT2D eigenvalue weighted by Gasteiger charge is -2.47. The maximum absolute atomic E-state index is 13.9. The summed E-state index contributed by atoms with van der Waals surface area (Å²) >= 11 is 0. The predicted molar refractivity (Wildman–Crippen MR) is 119 cm³/mol. The van der Waals surface area contributed by atoms with Gasteiger partial charge in [0.2, 0.25) is 0 Å². The Morgan fingerprint density at radius 2 is 1.79 bits per heavy atom. The first-order chi connectivity index (χ1) is 16.6. The zero-order valence-electron chi connectivity index (χ0n) is 18.2. The largest absolute Gasteiger partial charge is 0.346 e. The highest BCUT2D eigenvalue weighted by atomic mass is 19.1. The Morgan fingerprint density at radius 1 is 1.03 bits per heavy atom. The SMILES string of the molecule is O=C(c1c(F)cncc1F)N1CCC(N2CC(n3cc(-c4ncnc5[nH]ccc45)cn3)C2)CC1. The number of likely N-dealkylation sites (tertiary alicyclic amines) is 2. The molecule has 0 unspecified atom stereocenters. The van der Waals surface area contributed by atoms with E-state index in [1.54, 1.807) is 6.33 Å². The van der Waals surface area contributed by atoms with Crippen LogP contribution in [0.5, 0.6) is 0 Å². The van der Waals surface area contributed by atoms with Crippen LogP contribution in [-0.4, -0.2) is 77.6 Å². The lowest BCUT2D eigenvalue weighted by atomic mass is 9.97. The third kappa shape index (κ3) is 3.52. The normalized spacial score (nSPS) is 17.9. The number of H-pyrrole nitrogens is 1. The van der Waals surface area contributed by atoms with E-state index in [0.717, 1.165) is 60.6 Å². The van der Waals surface area contributed by atoms with Crippen molar-refractivity contribution in [2.45, 2.75) is 24.9 Å². The molecule has 6 heterocycles. The molecule has 0 aromatic carbocycles. The van der Waals surface area contributed by atoms with Crippen LogP contribution in [0.3, 0.4) is 0 Å². The number of carbonyl (C=O) groups excluding carboxylic acids is 1. The van der Waals surface area contributed by atoms with E-state index in [0.29, 0.717) is 19.1 Å². The second-order valence-electron chi connectivity index (χ2n) is 8.78. The van der Waals surface area contributed by atoms with Crippen molar-refractivity contribution in [1.29, 1.82) is 0 Å². The van der Waals surface area contributed by atoms with Crippen LogP contribution in [0.2, 0.25) is 0 Å². The summed E-state index contributed by atoms with van der Waals surface area (Å²) in [5.41, 5.74) is 2.08. The molecular weight excluding hydrogens is 442 g/mol. The minimum Gasteiger partial charge on any atom is -0.346 e. The number of aromatic nitrogens is 6. The van der Waals surface area contributed by atoms with Crippen molar-refractivity contribution in [3.63, 3.8) is 0 Å². The number of hydrogen-bond acceptors (Lipinski definition) is 6. The summed E-state index contributed by atoms with van der Waals surface area (Å²) in [6.07, 6.45) is 10.5. The third-order valence-corrected chi connectivity index (χ3v) is 6.83. The van der Waals surface area contributed by atoms with Gasteiger partial charge in [0.1, 0.15) is 17.5 Å². The van der Waals surface area contributed by atoms with Gasteiger partial charge in [-0.15, -0.1) is 0 Å². The van der Waals surface area contributed by atoms with Gasteiger partial charge in [0, 0.05) is 55.6 Å². The van der Waals surface area contributed by atoms with E-state index in [4.69, 9.17) is 0 Å². The van der Waals surface area contributed by atoms with Gasteiger partial charge in [0.05, 0.1) is 30.3 Å². The number of rotatable bonds is 4. The minimum absolute atomic E-state index is 0.275. The Balaban J connectivity index is 1.06. The first kappa shape index (κ1) is 20.8. The van der Waals surface area contributed by atoms with Gasteiger partial charge in [0.25, 0.3) is 5.91 Å². The quantitative estimate of drug-likeness (QED) is 0.499. The van der Waals surface area contributed by atoms with Gasteiger partial charge < -0.3 is 9.88 Å². The molecule has 11 heteroatoms. The molecule has 34 heavy (non-hydrogen) atoms. The van der Waals surface area contributed by atoms with Crippen molar-refractivity contribution >= 4 is 16.9 Å². The number of carbonyl (C=O) groups is 1. The molecule has 2 saturated heterocycles. The molecule has 9 nitrogen and oxygen atoms in total. The molecule has 2 aliphatic rings. The first-order valence-electron chi connectivity index (χ1n) is 11.2. The van der Waals surface area contributed by atoms with Crippen LogP contribution in [-0.2, 0) is 0 Å². The second-order valence-corrected chi connectivity index (χ2v) is 8.78. The standard InChI is InChI=1S/C23H22F2N8O/c24-18-8-26-9-19(25)20(18)23(34)31-5-2-15(3-6-31)32-11-16(12-32)33-10-14(7-30-33)21-17-1-4-27-22(17)29-13-28-21/h1,4,7-10,13,15-16H,2-3,5-6,11-12H2,(H,27,28,29). The fourth-order valence-electron chi connectivity index (χ4n) is 4.92. The summed E-state index contributed by atoms with van der Waals surface area (Å²) in [6.45, 7) is 2.68. The highest BCUT2D eigenvalue weighted by molar-refractivity contribution is 5.94. The number of pyridine rings is 1. The number of nitrogens with zero attached hydrogens (tertiary/aromatic N) is 7. The van der Waals surface area contributed by atoms with Crippen LogP contribution in [0.15, 0.2) is 43.4 Å². The summed E-state index contributed by atoms with van der Waals surface area (Å²) in [5.74, 6) is -2.45. The molecule has 1 N–H and O–H groups in total. The molecule has 0 radical (unpaired) electrons. The summed E-state index contributed by atoms with van der Waals surface area (Å²) in [6, 6.07) is 2.57. The molecule has 174 valence electrons. The predicted octanol–water partition coefficient (Wildman–Crippen LogP) is 2.66. The second kappa shape index (κ2) is 8.24. The highest BCUT2D eigenvalue weighted by Gasteiger charge is 2.37. The van der Waals surface area contributed by atoms with E-state index < -0.39 is 23.1 Å². The Morgan fingerprint density at radius 3 is 2.56 bits per heavy atom. The van der Waals surface area contributed by atoms with Crippen LogP contribution in [0, 0.1) is 11.6 Å². The molecule has 1 amide bonds. The number of aromatic amines is 1. The van der Waals surface area contributed by atoms with E-state index in [-0.39, 0.29) is 6.04 Å². The first-order valence-corrected chi connectivity index (χ1v) is 11.2. The average Bonchev–Trinajstić information content (AvgIpc) is 3.48. The number of nitrogens with one attached hydrogen (secondary N) is 1. The molecule has 4 aromatic rings. The maximum Gasteiger partial charge on any atom is 0.259 e. The highest BCUT2D eigenvalue weighted by Crippen LogP contribution is 2.31. The Labute approximate surface area is 193 Å². The van der Waals surface area contributed by atoms with Crippen LogP contribution in [0.25, 0.3) is 22.3 Å². The molecular formula is C23H22F2N8O. The monoisotopic (exact) mass is 464 g/mol. The molecule has 2 aliphatic heterocycles. The number of fused-ring (bicyclic) bond motifs is 1. The van der Waals surface area contributed by atoms with Gasteiger partial charge in [-0.25, -0.2) is 18.7 Å². The van der Waals surface area contributed by atoms with Gasteiger partial charge >= 0.3 is 0 Å². The zero-order valence-corrected chi connectivity index (χ0v) is 18.2. The average molecular weight is 464 g/mol. The molecule has 2 fully saturated rings. The molecule has 0 atom stereocenters. The smallest absolute Gasteiger partial charge is 0.259 e. The number of amides is 1. The Bertz CT molecular complexity index is 1330.